The molecule has 0 aromatic heterocycles. The first-order valence-electron chi connectivity index (χ1n) is 10.8. The highest BCUT2D eigenvalue weighted by Gasteiger charge is 2.59. The van der Waals surface area contributed by atoms with Crippen molar-refractivity contribution in [2.75, 3.05) is 13.2 Å². The lowest BCUT2D eigenvalue weighted by Crippen LogP contribution is -2.74. The number of fused-ring (bicyclic) bond motifs is 4. The molecule has 0 saturated carbocycles. The number of nitrogens with two attached hydrogens (primary N) is 2. The third-order valence-corrected chi connectivity index (χ3v) is 6.96. The van der Waals surface area contributed by atoms with Gasteiger partial charge in [0, 0.05) is 19.4 Å². The van der Waals surface area contributed by atoms with E-state index in [0.717, 1.165) is 32.1 Å². The molecule has 5 saturated heterocycles. The largest absolute Gasteiger partial charge is 0.367 e. The van der Waals surface area contributed by atoms with Gasteiger partial charge in [-0.15, -0.1) is 0 Å². The molecule has 0 aromatic rings. The van der Waals surface area contributed by atoms with E-state index < -0.39 is 17.2 Å². The summed E-state index contributed by atoms with van der Waals surface area (Å²) < 4.78 is 37.2. The summed E-state index contributed by atoms with van der Waals surface area (Å²) in [5.41, 5.74) is 11.5. The Morgan fingerprint density at radius 3 is 2.36 bits per heavy atom. The number of ether oxygens (including phenoxy) is 6. The molecule has 8 heteroatoms. The maximum absolute atomic E-state index is 6.74. The molecule has 8 atom stereocenters. The van der Waals surface area contributed by atoms with Gasteiger partial charge in [-0.05, 0) is 46.0 Å². The summed E-state index contributed by atoms with van der Waals surface area (Å²) in [6, 6.07) is 0. The van der Waals surface area contributed by atoms with Crippen molar-refractivity contribution < 1.29 is 28.4 Å². The summed E-state index contributed by atoms with van der Waals surface area (Å²) in [7, 11) is 0. The van der Waals surface area contributed by atoms with E-state index in [-0.39, 0.29) is 36.6 Å². The normalized spacial score (nSPS) is 53.6. The fraction of sp³-hybridized carbons (Fsp3) is 1.00. The molecular formula is C20H34N2O6. The SMILES string of the molecule is CC1(C)OCC2OC3CC4OC5CCCCOC5(N)CC4(N)OC3CCC2O1. The first-order valence-corrected chi connectivity index (χ1v) is 10.8. The topological polar surface area (TPSA) is 107 Å². The Morgan fingerprint density at radius 2 is 1.54 bits per heavy atom. The fourth-order valence-corrected chi connectivity index (χ4v) is 5.51. The van der Waals surface area contributed by atoms with Crippen LogP contribution in [-0.4, -0.2) is 67.1 Å². The smallest absolute Gasteiger partial charge is 0.163 e. The lowest BCUT2D eigenvalue weighted by atomic mass is 9.81. The third kappa shape index (κ3) is 3.41. The summed E-state index contributed by atoms with van der Waals surface area (Å²) in [5, 5.41) is 0. The van der Waals surface area contributed by atoms with Gasteiger partial charge in [0.05, 0.1) is 24.9 Å². The highest BCUT2D eigenvalue weighted by molar-refractivity contribution is 5.06. The van der Waals surface area contributed by atoms with Crippen LogP contribution in [0.5, 0.6) is 0 Å². The molecule has 8 nitrogen and oxygen atoms in total. The van der Waals surface area contributed by atoms with Crippen LogP contribution in [0.25, 0.3) is 0 Å². The van der Waals surface area contributed by atoms with Crippen molar-refractivity contribution in [1.29, 1.82) is 0 Å². The summed E-state index contributed by atoms with van der Waals surface area (Å²) in [6.07, 6.45) is 5.07. The second-order valence-corrected chi connectivity index (χ2v) is 9.59. The zero-order valence-electron chi connectivity index (χ0n) is 16.9. The molecule has 0 bridgehead atoms. The van der Waals surface area contributed by atoms with Gasteiger partial charge in [-0.1, -0.05) is 0 Å². The second-order valence-electron chi connectivity index (χ2n) is 9.59. The van der Waals surface area contributed by atoms with Crippen molar-refractivity contribution in [3.05, 3.63) is 0 Å². The molecule has 0 spiro atoms. The Balaban J connectivity index is 1.34. The molecule has 5 heterocycles. The zero-order valence-corrected chi connectivity index (χ0v) is 16.9. The Labute approximate surface area is 166 Å². The molecule has 5 fully saturated rings. The van der Waals surface area contributed by atoms with Crippen molar-refractivity contribution in [2.24, 2.45) is 11.5 Å². The van der Waals surface area contributed by atoms with E-state index in [1.54, 1.807) is 0 Å². The highest BCUT2D eigenvalue weighted by atomic mass is 16.7. The van der Waals surface area contributed by atoms with E-state index >= 15 is 0 Å². The van der Waals surface area contributed by atoms with Crippen LogP contribution < -0.4 is 11.5 Å². The van der Waals surface area contributed by atoms with Gasteiger partial charge in [-0.3, -0.25) is 0 Å². The van der Waals surface area contributed by atoms with Gasteiger partial charge in [-0.2, -0.15) is 0 Å². The molecule has 28 heavy (non-hydrogen) atoms. The predicted molar refractivity (Wildman–Crippen MR) is 99.2 cm³/mol. The molecule has 5 aliphatic heterocycles. The van der Waals surface area contributed by atoms with E-state index in [2.05, 4.69) is 0 Å². The van der Waals surface area contributed by atoms with E-state index in [1.807, 2.05) is 13.8 Å². The quantitative estimate of drug-likeness (QED) is 0.626. The monoisotopic (exact) mass is 398 g/mol. The first-order chi connectivity index (χ1) is 13.3. The van der Waals surface area contributed by atoms with Crippen molar-refractivity contribution in [3.8, 4) is 0 Å². The van der Waals surface area contributed by atoms with Crippen molar-refractivity contribution in [1.82, 2.24) is 0 Å². The third-order valence-electron chi connectivity index (χ3n) is 6.96. The molecular weight excluding hydrogens is 364 g/mol. The average molecular weight is 399 g/mol. The van der Waals surface area contributed by atoms with Gasteiger partial charge in [0.1, 0.15) is 29.8 Å². The number of hydrogen-bond acceptors (Lipinski definition) is 8. The van der Waals surface area contributed by atoms with Gasteiger partial charge < -0.3 is 39.9 Å². The standard InChI is InChI=1S/C20H34N2O6/c1-18(2)24-10-15-13(27-18)7-6-12-14(25-15)9-17-20(22,28-12)11-19(21)16(26-17)5-3-4-8-23-19/h12-17H,3-11,21-22H2,1-2H3. The molecule has 0 aliphatic carbocycles. The fourth-order valence-electron chi connectivity index (χ4n) is 5.51. The maximum atomic E-state index is 6.74. The van der Waals surface area contributed by atoms with Gasteiger partial charge in [0.15, 0.2) is 5.79 Å². The van der Waals surface area contributed by atoms with E-state index in [4.69, 9.17) is 39.9 Å². The van der Waals surface area contributed by atoms with Gasteiger partial charge >= 0.3 is 0 Å². The minimum Gasteiger partial charge on any atom is -0.367 e. The summed E-state index contributed by atoms with van der Waals surface area (Å²) in [6.45, 7) is 5.06. The Kier molecular flexibility index (Phi) is 4.80. The molecule has 0 radical (unpaired) electrons. The summed E-state index contributed by atoms with van der Waals surface area (Å²) in [5.74, 6) is -0.579. The molecule has 160 valence electrons. The van der Waals surface area contributed by atoms with Crippen molar-refractivity contribution in [2.45, 2.75) is 113 Å². The predicted octanol–water partition coefficient (Wildman–Crippen LogP) is 1.14. The molecule has 0 aromatic carbocycles. The Morgan fingerprint density at radius 1 is 0.750 bits per heavy atom. The van der Waals surface area contributed by atoms with Crippen LogP contribution in [0.4, 0.5) is 0 Å². The molecule has 5 aliphatic rings. The van der Waals surface area contributed by atoms with Gasteiger partial charge in [-0.25, -0.2) is 0 Å². The van der Waals surface area contributed by atoms with Crippen molar-refractivity contribution in [3.63, 3.8) is 0 Å². The van der Waals surface area contributed by atoms with Gasteiger partial charge in [0.25, 0.3) is 0 Å². The summed E-state index contributed by atoms with van der Waals surface area (Å²) >= 11 is 0. The minimum absolute atomic E-state index is 0.00454. The van der Waals surface area contributed by atoms with Crippen LogP contribution in [0.2, 0.25) is 0 Å². The Bertz CT molecular complexity index is 605. The van der Waals surface area contributed by atoms with Crippen molar-refractivity contribution >= 4 is 0 Å². The molecule has 8 unspecified atom stereocenters. The highest BCUT2D eigenvalue weighted by Crippen LogP contribution is 2.46. The lowest BCUT2D eigenvalue weighted by Gasteiger charge is -2.56. The van der Waals surface area contributed by atoms with E-state index in [0.29, 0.717) is 26.1 Å². The number of rotatable bonds is 0. The van der Waals surface area contributed by atoms with Crippen LogP contribution in [0.15, 0.2) is 0 Å². The average Bonchev–Trinajstić information content (AvgIpc) is 2.89. The van der Waals surface area contributed by atoms with Crippen LogP contribution in [-0.2, 0) is 28.4 Å². The van der Waals surface area contributed by atoms with Crippen LogP contribution in [0.3, 0.4) is 0 Å². The van der Waals surface area contributed by atoms with Crippen LogP contribution in [0, 0.1) is 0 Å². The van der Waals surface area contributed by atoms with Crippen LogP contribution in [0.1, 0.15) is 58.8 Å². The maximum Gasteiger partial charge on any atom is 0.163 e. The Hall–Kier alpha value is -0.320. The van der Waals surface area contributed by atoms with Crippen LogP contribution >= 0.6 is 0 Å². The lowest BCUT2D eigenvalue weighted by molar-refractivity contribution is -0.335. The van der Waals surface area contributed by atoms with E-state index in [1.165, 1.54) is 0 Å². The molecule has 4 N–H and O–H groups in total. The van der Waals surface area contributed by atoms with E-state index in [9.17, 15) is 0 Å². The second kappa shape index (κ2) is 6.85. The first kappa shape index (κ1) is 19.6. The number of hydrogen-bond donors (Lipinski definition) is 2. The molecule has 0 amide bonds. The minimum atomic E-state index is -0.952. The zero-order chi connectivity index (χ0) is 19.6. The van der Waals surface area contributed by atoms with Gasteiger partial charge in [0.2, 0.25) is 0 Å². The molecule has 5 rings (SSSR count). The summed E-state index contributed by atoms with van der Waals surface area (Å²) in [4.78, 5) is 0.